The van der Waals surface area contributed by atoms with Gasteiger partial charge in [-0.3, -0.25) is 19.5 Å². The Hall–Kier alpha value is -4.46. The zero-order chi connectivity index (χ0) is 23.1. The summed E-state index contributed by atoms with van der Waals surface area (Å²) in [6.07, 6.45) is 3.17. The smallest absolute Gasteiger partial charge is 0.302 e. The average molecular weight is 440 g/mol. The molecule has 0 aliphatic carbocycles. The summed E-state index contributed by atoms with van der Waals surface area (Å²) in [5, 5.41) is 11.3. The van der Waals surface area contributed by atoms with Gasteiger partial charge in [0, 0.05) is 18.0 Å². The van der Waals surface area contributed by atoms with Gasteiger partial charge in [-0.1, -0.05) is 18.2 Å². The molecule has 0 radical (unpaired) electrons. The van der Waals surface area contributed by atoms with E-state index in [9.17, 15) is 14.7 Å². The Morgan fingerprint density at radius 1 is 1.12 bits per heavy atom. The summed E-state index contributed by atoms with van der Waals surface area (Å²) in [4.78, 5) is 39.5. The number of H-pyrrole nitrogens is 1. The van der Waals surface area contributed by atoms with Crippen molar-refractivity contribution in [2.45, 2.75) is 13.0 Å². The van der Waals surface area contributed by atoms with E-state index < -0.39 is 17.7 Å². The van der Waals surface area contributed by atoms with Gasteiger partial charge in [0.15, 0.2) is 0 Å². The lowest BCUT2D eigenvalue weighted by Crippen LogP contribution is -2.30. The molecule has 2 aromatic heterocycles. The summed E-state index contributed by atoms with van der Waals surface area (Å²) in [6, 6.07) is 15.0. The number of aryl methyl sites for hydroxylation is 1. The maximum absolute atomic E-state index is 13.2. The lowest BCUT2D eigenvalue weighted by molar-refractivity contribution is -0.132. The number of pyridine rings is 1. The molecule has 1 atom stereocenters. The van der Waals surface area contributed by atoms with Crippen molar-refractivity contribution in [2.24, 2.45) is 0 Å². The number of nitrogens with zero attached hydrogens (tertiary/aromatic N) is 3. The molecule has 1 aliphatic rings. The number of amides is 1. The summed E-state index contributed by atoms with van der Waals surface area (Å²) in [7, 11) is 1.55. The number of para-hydroxylation sites is 2. The number of benzene rings is 2. The van der Waals surface area contributed by atoms with Gasteiger partial charge in [-0.25, -0.2) is 4.98 Å². The van der Waals surface area contributed by atoms with Crippen molar-refractivity contribution in [3.63, 3.8) is 0 Å². The van der Waals surface area contributed by atoms with Crippen molar-refractivity contribution >= 4 is 34.4 Å². The van der Waals surface area contributed by atoms with Gasteiger partial charge in [0.05, 0.1) is 29.8 Å². The first-order valence-electron chi connectivity index (χ1n) is 10.3. The SMILES string of the molecule is COc1ccc(/C(O)=C2\C(=O)C(=O)N(c3nc4ccccc4[nH]3)C2c2cccnc2)c(C)c1. The summed E-state index contributed by atoms with van der Waals surface area (Å²) in [6.45, 7) is 1.80. The van der Waals surface area contributed by atoms with Crippen LogP contribution in [0.4, 0.5) is 5.95 Å². The third kappa shape index (κ3) is 3.32. The number of aromatic amines is 1. The van der Waals surface area contributed by atoms with E-state index in [-0.39, 0.29) is 17.3 Å². The summed E-state index contributed by atoms with van der Waals surface area (Å²) in [5.74, 6) is -0.998. The number of nitrogens with one attached hydrogen (secondary N) is 1. The number of fused-ring (bicyclic) bond motifs is 1. The van der Waals surface area contributed by atoms with Crippen LogP contribution in [0.3, 0.4) is 0 Å². The standard InChI is InChI=1S/C25H20N4O4/c1-14-12-16(33-2)9-10-17(14)22(30)20-21(15-6-5-11-26-13-15)29(24(32)23(20)31)25-27-18-7-3-4-8-19(18)28-25/h3-13,21,30H,1-2H3,(H,27,28)/b22-20+. The topological polar surface area (TPSA) is 108 Å². The molecule has 3 heterocycles. The summed E-state index contributed by atoms with van der Waals surface area (Å²) < 4.78 is 5.24. The first-order chi connectivity index (χ1) is 16.0. The van der Waals surface area contributed by atoms with Gasteiger partial charge in [-0.2, -0.15) is 0 Å². The molecule has 1 aliphatic heterocycles. The highest BCUT2D eigenvalue weighted by atomic mass is 16.5. The number of imidazole rings is 1. The van der Waals surface area contributed by atoms with Crippen LogP contribution in [-0.2, 0) is 9.59 Å². The van der Waals surface area contributed by atoms with Crippen LogP contribution >= 0.6 is 0 Å². The number of carbonyl (C=O) groups excluding carboxylic acids is 2. The lowest BCUT2D eigenvalue weighted by atomic mass is 9.95. The maximum Gasteiger partial charge on any atom is 0.302 e. The highest BCUT2D eigenvalue weighted by molar-refractivity contribution is 6.51. The number of hydrogen-bond acceptors (Lipinski definition) is 6. The largest absolute Gasteiger partial charge is 0.507 e. The van der Waals surface area contributed by atoms with Gasteiger partial charge < -0.3 is 14.8 Å². The van der Waals surface area contributed by atoms with E-state index in [1.165, 1.54) is 4.90 Å². The van der Waals surface area contributed by atoms with Crippen LogP contribution < -0.4 is 9.64 Å². The van der Waals surface area contributed by atoms with E-state index in [0.29, 0.717) is 28.0 Å². The number of anilines is 1. The fourth-order valence-electron chi connectivity index (χ4n) is 4.13. The molecule has 1 unspecified atom stereocenters. The van der Waals surface area contributed by atoms with Crippen molar-refractivity contribution < 1.29 is 19.4 Å². The van der Waals surface area contributed by atoms with Crippen molar-refractivity contribution in [2.75, 3.05) is 12.0 Å². The zero-order valence-electron chi connectivity index (χ0n) is 17.9. The number of carbonyl (C=O) groups is 2. The van der Waals surface area contributed by atoms with E-state index in [2.05, 4.69) is 15.0 Å². The molecule has 33 heavy (non-hydrogen) atoms. The molecule has 0 bridgehead atoms. The Balaban J connectivity index is 1.73. The summed E-state index contributed by atoms with van der Waals surface area (Å²) >= 11 is 0. The molecule has 0 saturated carbocycles. The van der Waals surface area contributed by atoms with E-state index in [0.717, 1.165) is 5.52 Å². The average Bonchev–Trinajstić information content (AvgIpc) is 3.37. The number of Topliss-reactive ketones (excluding diaryl/α,β-unsaturated/α-hetero) is 1. The van der Waals surface area contributed by atoms with Crippen LogP contribution in [0.25, 0.3) is 16.8 Å². The number of hydrogen-bond donors (Lipinski definition) is 2. The molecular weight excluding hydrogens is 420 g/mol. The van der Waals surface area contributed by atoms with Gasteiger partial charge in [0.25, 0.3) is 5.78 Å². The van der Waals surface area contributed by atoms with Crippen LogP contribution in [0.1, 0.15) is 22.7 Å². The monoisotopic (exact) mass is 440 g/mol. The normalized spacial score (nSPS) is 17.6. The van der Waals surface area contributed by atoms with Gasteiger partial charge in [-0.15, -0.1) is 0 Å². The Morgan fingerprint density at radius 2 is 1.94 bits per heavy atom. The predicted octanol–water partition coefficient (Wildman–Crippen LogP) is 3.90. The van der Waals surface area contributed by atoms with Crippen LogP contribution in [0.5, 0.6) is 5.75 Å². The molecule has 0 spiro atoms. The lowest BCUT2D eigenvalue weighted by Gasteiger charge is -2.22. The van der Waals surface area contributed by atoms with Crippen molar-refractivity contribution in [3.8, 4) is 5.75 Å². The van der Waals surface area contributed by atoms with Crippen LogP contribution in [0, 0.1) is 6.92 Å². The van der Waals surface area contributed by atoms with Gasteiger partial charge in [0.2, 0.25) is 5.95 Å². The number of rotatable bonds is 4. The zero-order valence-corrected chi connectivity index (χ0v) is 17.9. The molecule has 1 fully saturated rings. The van der Waals surface area contributed by atoms with E-state index >= 15 is 0 Å². The second-order valence-corrected chi connectivity index (χ2v) is 7.71. The number of aliphatic hydroxyl groups excluding tert-OH is 1. The van der Waals surface area contributed by atoms with E-state index in [4.69, 9.17) is 4.74 Å². The minimum atomic E-state index is -0.902. The maximum atomic E-state index is 13.2. The molecule has 5 rings (SSSR count). The molecule has 1 amide bonds. The number of ketones is 1. The Labute approximate surface area is 189 Å². The fraction of sp³-hybridized carbons (Fsp3) is 0.120. The third-order valence-electron chi connectivity index (χ3n) is 5.74. The predicted molar refractivity (Wildman–Crippen MR) is 123 cm³/mol. The first-order valence-corrected chi connectivity index (χ1v) is 10.3. The summed E-state index contributed by atoms with van der Waals surface area (Å²) in [5.41, 5.74) is 3.07. The third-order valence-corrected chi connectivity index (χ3v) is 5.74. The fourth-order valence-corrected chi connectivity index (χ4v) is 4.13. The van der Waals surface area contributed by atoms with Crippen LogP contribution in [0.2, 0.25) is 0 Å². The van der Waals surface area contributed by atoms with E-state index in [1.54, 1.807) is 56.8 Å². The highest BCUT2D eigenvalue weighted by Gasteiger charge is 2.48. The minimum absolute atomic E-state index is 0.0262. The number of aliphatic hydroxyl groups is 1. The van der Waals surface area contributed by atoms with Gasteiger partial charge >= 0.3 is 5.91 Å². The number of ether oxygens (including phenoxy) is 1. The van der Waals surface area contributed by atoms with Crippen molar-refractivity contribution in [1.82, 2.24) is 15.0 Å². The molecule has 4 aromatic rings. The van der Waals surface area contributed by atoms with Gasteiger partial charge in [-0.05, 0) is 54.4 Å². The Bertz CT molecular complexity index is 1390. The van der Waals surface area contributed by atoms with Crippen LogP contribution in [-0.4, -0.2) is 38.9 Å². The second kappa shape index (κ2) is 7.90. The minimum Gasteiger partial charge on any atom is -0.507 e. The van der Waals surface area contributed by atoms with Gasteiger partial charge in [0.1, 0.15) is 11.5 Å². The molecule has 2 N–H and O–H groups in total. The molecular formula is C25H20N4O4. The molecule has 8 nitrogen and oxygen atoms in total. The first kappa shape index (κ1) is 20.4. The van der Waals surface area contributed by atoms with Crippen molar-refractivity contribution in [1.29, 1.82) is 0 Å². The Morgan fingerprint density at radius 3 is 2.64 bits per heavy atom. The number of methoxy groups -OCH3 is 1. The second-order valence-electron chi connectivity index (χ2n) is 7.71. The van der Waals surface area contributed by atoms with Crippen LogP contribution in [0.15, 0.2) is 72.6 Å². The molecule has 2 aromatic carbocycles. The van der Waals surface area contributed by atoms with E-state index in [1.807, 2.05) is 24.3 Å². The highest BCUT2D eigenvalue weighted by Crippen LogP contribution is 2.42. The number of aromatic nitrogens is 3. The quantitative estimate of drug-likeness (QED) is 0.283. The Kier molecular flexibility index (Phi) is 4.90. The molecule has 8 heteroatoms. The molecule has 164 valence electrons. The molecule has 1 saturated heterocycles. The van der Waals surface area contributed by atoms with Crippen molar-refractivity contribution in [3.05, 3.63) is 89.3 Å².